The van der Waals surface area contributed by atoms with Crippen molar-refractivity contribution in [1.29, 1.82) is 0 Å². The third-order valence-corrected chi connectivity index (χ3v) is 5.87. The molecule has 0 saturated carbocycles. The van der Waals surface area contributed by atoms with Gasteiger partial charge < -0.3 is 4.57 Å². The minimum absolute atomic E-state index is 0.682. The quantitative estimate of drug-likeness (QED) is 0.455. The summed E-state index contributed by atoms with van der Waals surface area (Å²) in [6.45, 7) is 2.70. The number of hydrogen-bond donors (Lipinski definition) is 0. The lowest BCUT2D eigenvalue weighted by Crippen LogP contribution is -2.00. The van der Waals surface area contributed by atoms with E-state index in [1.807, 2.05) is 61.5 Å². The number of benzene rings is 1. The van der Waals surface area contributed by atoms with Gasteiger partial charge in [0.25, 0.3) is 0 Å². The lowest BCUT2D eigenvalue weighted by Gasteiger charge is -2.05. The van der Waals surface area contributed by atoms with E-state index in [1.54, 1.807) is 11.3 Å². The Morgan fingerprint density at radius 3 is 2.78 bits per heavy atom. The summed E-state index contributed by atoms with van der Waals surface area (Å²) in [4.78, 5) is 14.0. The van der Waals surface area contributed by atoms with Crippen LogP contribution in [0.2, 0.25) is 5.02 Å². The topological polar surface area (TPSA) is 61.4 Å². The summed E-state index contributed by atoms with van der Waals surface area (Å²) < 4.78 is 5.05. The van der Waals surface area contributed by atoms with Gasteiger partial charge in [-0.25, -0.2) is 15.0 Å². The summed E-state index contributed by atoms with van der Waals surface area (Å²) in [6.07, 6.45) is 5.83. The molecule has 5 rings (SSSR count). The number of aryl methyl sites for hydroxylation is 1. The van der Waals surface area contributed by atoms with Gasteiger partial charge in [-0.3, -0.25) is 4.68 Å². The van der Waals surface area contributed by atoms with Gasteiger partial charge in [0.15, 0.2) is 5.82 Å². The molecule has 2 aliphatic heterocycles. The molecule has 0 fully saturated rings. The Morgan fingerprint density at radius 1 is 1.11 bits per heavy atom. The molecule has 0 amide bonds. The lowest BCUT2D eigenvalue weighted by molar-refractivity contribution is 0.740. The number of halogens is 1. The van der Waals surface area contributed by atoms with Crippen LogP contribution in [0, 0.1) is 6.92 Å². The van der Waals surface area contributed by atoms with Crippen LogP contribution in [-0.4, -0.2) is 29.3 Å². The first kappa shape index (κ1) is 16.4. The van der Waals surface area contributed by atoms with Crippen molar-refractivity contribution >= 4 is 33.2 Å². The second kappa shape index (κ2) is 6.14. The van der Waals surface area contributed by atoms with Gasteiger partial charge in [0, 0.05) is 30.2 Å². The maximum Gasteiger partial charge on any atom is 0.164 e. The molecule has 0 bridgehead atoms. The van der Waals surface area contributed by atoms with Gasteiger partial charge in [0.2, 0.25) is 0 Å². The van der Waals surface area contributed by atoms with E-state index in [1.165, 1.54) is 0 Å². The molecule has 0 radical (unpaired) electrons. The SMILES string of the molecule is Cc1c(-c2nc3ccn(Cc4nc5cc(Cl)ccc5s4)cc-3n2)cnn1C. The van der Waals surface area contributed by atoms with E-state index in [4.69, 9.17) is 16.6 Å². The van der Waals surface area contributed by atoms with E-state index in [0.717, 1.165) is 37.9 Å². The number of aromatic nitrogens is 6. The van der Waals surface area contributed by atoms with Gasteiger partial charge >= 0.3 is 0 Å². The third kappa shape index (κ3) is 2.89. The molecular weight excluding hydrogens is 380 g/mol. The van der Waals surface area contributed by atoms with Crippen LogP contribution in [0.5, 0.6) is 0 Å². The molecule has 134 valence electrons. The summed E-state index contributed by atoms with van der Waals surface area (Å²) in [5, 5.41) is 6.01. The maximum absolute atomic E-state index is 6.06. The van der Waals surface area contributed by atoms with Crippen LogP contribution in [0.15, 0.2) is 42.9 Å². The zero-order valence-corrected chi connectivity index (χ0v) is 16.3. The van der Waals surface area contributed by atoms with Crippen LogP contribution in [-0.2, 0) is 13.6 Å². The van der Waals surface area contributed by atoms with Crippen molar-refractivity contribution in [2.75, 3.05) is 0 Å². The smallest absolute Gasteiger partial charge is 0.164 e. The van der Waals surface area contributed by atoms with Crippen molar-refractivity contribution in [3.05, 3.63) is 58.6 Å². The van der Waals surface area contributed by atoms with Gasteiger partial charge in [-0.15, -0.1) is 11.3 Å². The Bertz CT molecular complexity index is 1250. The van der Waals surface area contributed by atoms with Crippen LogP contribution in [0.4, 0.5) is 0 Å². The van der Waals surface area contributed by atoms with Crippen molar-refractivity contribution in [3.63, 3.8) is 0 Å². The maximum atomic E-state index is 6.06. The fourth-order valence-electron chi connectivity index (χ4n) is 3.06. The third-order valence-electron chi connectivity index (χ3n) is 4.62. The van der Waals surface area contributed by atoms with Crippen LogP contribution in [0.3, 0.4) is 0 Å². The molecule has 6 nitrogen and oxygen atoms in total. The second-order valence-electron chi connectivity index (χ2n) is 6.42. The number of rotatable bonds is 3. The average molecular weight is 395 g/mol. The molecule has 0 atom stereocenters. The Morgan fingerprint density at radius 2 is 1.96 bits per heavy atom. The Labute approximate surface area is 164 Å². The molecule has 1 aromatic carbocycles. The largest absolute Gasteiger partial charge is 0.345 e. The van der Waals surface area contributed by atoms with Crippen molar-refractivity contribution in [3.8, 4) is 22.8 Å². The highest BCUT2D eigenvalue weighted by molar-refractivity contribution is 7.18. The van der Waals surface area contributed by atoms with Gasteiger partial charge in [0.05, 0.1) is 34.2 Å². The van der Waals surface area contributed by atoms with E-state index < -0.39 is 0 Å². The molecule has 27 heavy (non-hydrogen) atoms. The standard InChI is InChI=1S/C19H15ClN6S/c1-11-13(8-21-25(11)2)19-23-14-5-6-26(9-16(14)24-19)10-18-22-15-7-12(20)3-4-17(15)27-18/h3-9H,10H2,1-2H3. The summed E-state index contributed by atoms with van der Waals surface area (Å²) >= 11 is 7.73. The molecule has 0 spiro atoms. The fraction of sp³-hybridized carbons (Fsp3) is 0.158. The zero-order valence-electron chi connectivity index (χ0n) is 14.7. The first-order chi connectivity index (χ1) is 13.1. The molecule has 0 saturated heterocycles. The van der Waals surface area contributed by atoms with Crippen molar-refractivity contribution in [2.24, 2.45) is 7.05 Å². The number of thiazole rings is 1. The van der Waals surface area contributed by atoms with E-state index >= 15 is 0 Å². The van der Waals surface area contributed by atoms with E-state index in [0.29, 0.717) is 17.4 Å². The minimum atomic E-state index is 0.682. The number of fused-ring (bicyclic) bond motifs is 2. The highest BCUT2D eigenvalue weighted by atomic mass is 35.5. The second-order valence-corrected chi connectivity index (χ2v) is 7.97. The first-order valence-corrected chi connectivity index (χ1v) is 9.64. The Balaban J connectivity index is 1.49. The van der Waals surface area contributed by atoms with Crippen molar-refractivity contribution in [1.82, 2.24) is 29.3 Å². The zero-order chi connectivity index (χ0) is 18.5. The first-order valence-electron chi connectivity index (χ1n) is 8.44. The fourth-order valence-corrected chi connectivity index (χ4v) is 4.18. The number of pyridine rings is 1. The average Bonchev–Trinajstić information content (AvgIpc) is 3.32. The van der Waals surface area contributed by atoms with Gasteiger partial charge in [-0.2, -0.15) is 5.10 Å². The van der Waals surface area contributed by atoms with Crippen molar-refractivity contribution < 1.29 is 0 Å². The molecule has 0 unspecified atom stereocenters. The molecule has 3 aromatic rings. The summed E-state index contributed by atoms with van der Waals surface area (Å²) in [5.74, 6) is 0.711. The van der Waals surface area contributed by atoms with Crippen molar-refractivity contribution in [2.45, 2.75) is 13.5 Å². The van der Waals surface area contributed by atoms with E-state index in [9.17, 15) is 0 Å². The highest BCUT2D eigenvalue weighted by Crippen LogP contribution is 2.28. The van der Waals surface area contributed by atoms with E-state index in [2.05, 4.69) is 19.6 Å². The monoisotopic (exact) mass is 394 g/mol. The predicted molar refractivity (Wildman–Crippen MR) is 107 cm³/mol. The minimum Gasteiger partial charge on any atom is -0.345 e. The van der Waals surface area contributed by atoms with Crippen LogP contribution >= 0.6 is 22.9 Å². The summed E-state index contributed by atoms with van der Waals surface area (Å²) in [6, 6.07) is 7.79. The lowest BCUT2D eigenvalue weighted by atomic mass is 10.2. The predicted octanol–water partition coefficient (Wildman–Crippen LogP) is 4.40. The Kier molecular flexibility index (Phi) is 3.73. The molecule has 8 heteroatoms. The van der Waals surface area contributed by atoms with Gasteiger partial charge in [-0.1, -0.05) is 11.6 Å². The molecule has 2 aromatic heterocycles. The Hall–Kier alpha value is -2.77. The van der Waals surface area contributed by atoms with Gasteiger partial charge in [0.1, 0.15) is 10.7 Å². The summed E-state index contributed by atoms with van der Waals surface area (Å²) in [5.41, 5.74) is 4.68. The molecule has 0 aliphatic carbocycles. The molecule has 4 heterocycles. The normalized spacial score (nSPS) is 11.7. The molecule has 2 aliphatic rings. The number of nitrogens with zero attached hydrogens (tertiary/aromatic N) is 6. The van der Waals surface area contributed by atoms with Crippen LogP contribution in [0.1, 0.15) is 10.7 Å². The molecular formula is C19H15ClN6S. The van der Waals surface area contributed by atoms with Crippen LogP contribution < -0.4 is 0 Å². The summed E-state index contributed by atoms with van der Waals surface area (Å²) in [7, 11) is 1.92. The van der Waals surface area contributed by atoms with E-state index in [-0.39, 0.29) is 0 Å². The van der Waals surface area contributed by atoms with Gasteiger partial charge in [-0.05, 0) is 31.2 Å². The van der Waals surface area contributed by atoms with Crippen LogP contribution in [0.25, 0.3) is 33.0 Å². The number of hydrogen-bond acceptors (Lipinski definition) is 5. The highest BCUT2D eigenvalue weighted by Gasteiger charge is 2.16. The number of imidazole rings is 1. The molecule has 0 N–H and O–H groups in total.